The Morgan fingerprint density at radius 3 is 2.50 bits per heavy atom. The van der Waals surface area contributed by atoms with Crippen LogP contribution in [-0.2, 0) is 0 Å². The first kappa shape index (κ1) is 12.5. The number of nitrogens with zero attached hydrogens (tertiary/aromatic N) is 1. The third-order valence-electron chi connectivity index (χ3n) is 4.46. The average Bonchev–Trinajstić information content (AvgIpc) is 2.42. The van der Waals surface area contributed by atoms with Crippen LogP contribution >= 0.6 is 15.9 Å². The molecular weight excluding hydrogens is 288 g/mol. The third kappa shape index (κ3) is 2.30. The summed E-state index contributed by atoms with van der Waals surface area (Å²) in [6, 6.07) is 8.83. The van der Waals surface area contributed by atoms with Gasteiger partial charge in [0.25, 0.3) is 0 Å². The number of piperazine rings is 1. The zero-order chi connectivity index (χ0) is 12.4. The van der Waals surface area contributed by atoms with Gasteiger partial charge in [-0.25, -0.2) is 0 Å². The first-order valence-corrected chi connectivity index (χ1v) is 7.83. The van der Waals surface area contributed by atoms with E-state index in [2.05, 4.69) is 50.4 Å². The van der Waals surface area contributed by atoms with Crippen molar-refractivity contribution in [3.05, 3.63) is 28.7 Å². The predicted octanol–water partition coefficient (Wildman–Crippen LogP) is 3.56. The molecule has 1 heterocycles. The van der Waals surface area contributed by atoms with E-state index in [0.29, 0.717) is 5.54 Å². The van der Waals surface area contributed by atoms with Crippen molar-refractivity contribution in [1.29, 1.82) is 0 Å². The van der Waals surface area contributed by atoms with Crippen LogP contribution in [0.3, 0.4) is 0 Å². The normalized spacial score (nSPS) is 23.3. The number of halogens is 1. The summed E-state index contributed by atoms with van der Waals surface area (Å²) in [5.41, 5.74) is 1.77. The first-order chi connectivity index (χ1) is 8.80. The Labute approximate surface area is 118 Å². The van der Waals surface area contributed by atoms with Gasteiger partial charge in [-0.15, -0.1) is 0 Å². The van der Waals surface area contributed by atoms with Crippen molar-refractivity contribution in [3.8, 4) is 0 Å². The lowest BCUT2D eigenvalue weighted by Gasteiger charge is -2.51. The summed E-state index contributed by atoms with van der Waals surface area (Å²) in [4.78, 5) is 2.66. The largest absolute Gasteiger partial charge is 0.363 e. The van der Waals surface area contributed by atoms with Crippen LogP contribution in [0.15, 0.2) is 28.7 Å². The summed E-state index contributed by atoms with van der Waals surface area (Å²) >= 11 is 3.53. The minimum Gasteiger partial charge on any atom is -0.363 e. The van der Waals surface area contributed by atoms with Crippen molar-refractivity contribution in [3.63, 3.8) is 0 Å². The van der Waals surface area contributed by atoms with Gasteiger partial charge in [-0.2, -0.15) is 0 Å². The van der Waals surface area contributed by atoms with E-state index in [1.165, 1.54) is 42.3 Å². The van der Waals surface area contributed by atoms with Gasteiger partial charge in [0.2, 0.25) is 0 Å². The number of benzene rings is 1. The zero-order valence-electron chi connectivity index (χ0n) is 10.8. The van der Waals surface area contributed by atoms with Gasteiger partial charge in [0, 0.05) is 29.8 Å². The van der Waals surface area contributed by atoms with Gasteiger partial charge in [-0.1, -0.05) is 35.2 Å². The highest BCUT2D eigenvalue weighted by Gasteiger charge is 2.39. The van der Waals surface area contributed by atoms with Crippen LogP contribution in [0, 0.1) is 0 Å². The molecule has 1 aliphatic heterocycles. The fourth-order valence-electron chi connectivity index (χ4n) is 3.53. The lowest BCUT2D eigenvalue weighted by atomic mass is 9.78. The molecule has 18 heavy (non-hydrogen) atoms. The number of hydrogen-bond donors (Lipinski definition) is 1. The second-order valence-corrected chi connectivity index (χ2v) is 6.51. The van der Waals surface area contributed by atoms with Crippen molar-refractivity contribution in [2.45, 2.75) is 37.6 Å². The molecule has 1 aromatic carbocycles. The Bertz CT molecular complexity index is 387. The van der Waals surface area contributed by atoms with E-state index >= 15 is 0 Å². The van der Waals surface area contributed by atoms with E-state index in [1.54, 1.807) is 0 Å². The Morgan fingerprint density at radius 1 is 1.06 bits per heavy atom. The summed E-state index contributed by atoms with van der Waals surface area (Å²) < 4.78 is 1.17. The number of rotatable bonds is 1. The molecule has 2 aliphatic rings. The molecule has 0 aromatic heterocycles. The molecule has 0 bridgehead atoms. The van der Waals surface area contributed by atoms with Crippen molar-refractivity contribution in [2.75, 3.05) is 24.5 Å². The van der Waals surface area contributed by atoms with E-state index in [4.69, 9.17) is 0 Å². The highest BCUT2D eigenvalue weighted by molar-refractivity contribution is 9.10. The molecule has 1 spiro atoms. The van der Waals surface area contributed by atoms with Gasteiger partial charge < -0.3 is 10.2 Å². The highest BCUT2D eigenvalue weighted by Crippen LogP contribution is 2.37. The first-order valence-electron chi connectivity index (χ1n) is 7.04. The maximum Gasteiger partial charge on any atom is 0.0526 e. The minimum absolute atomic E-state index is 0.379. The average molecular weight is 309 g/mol. The lowest BCUT2D eigenvalue weighted by molar-refractivity contribution is 0.241. The fraction of sp³-hybridized carbons (Fsp3) is 0.600. The smallest absolute Gasteiger partial charge is 0.0526 e. The van der Waals surface area contributed by atoms with E-state index in [0.717, 1.165) is 19.6 Å². The molecule has 98 valence electrons. The van der Waals surface area contributed by atoms with Gasteiger partial charge in [-0.05, 0) is 37.1 Å². The third-order valence-corrected chi connectivity index (χ3v) is 4.99. The van der Waals surface area contributed by atoms with E-state index in [1.807, 2.05) is 0 Å². The molecule has 3 heteroatoms. The monoisotopic (exact) mass is 308 g/mol. The highest BCUT2D eigenvalue weighted by atomic mass is 79.9. The summed E-state index contributed by atoms with van der Waals surface area (Å²) in [6.07, 6.45) is 6.87. The lowest BCUT2D eigenvalue weighted by Crippen LogP contribution is -2.62. The summed E-state index contributed by atoms with van der Waals surface area (Å²) in [6.45, 7) is 3.41. The summed E-state index contributed by atoms with van der Waals surface area (Å²) in [5, 5.41) is 3.61. The van der Waals surface area contributed by atoms with Crippen LogP contribution in [-0.4, -0.2) is 25.2 Å². The van der Waals surface area contributed by atoms with Gasteiger partial charge in [0.1, 0.15) is 0 Å². The SMILES string of the molecule is Brc1ccc(N2CCNCC23CCCCC3)cc1. The van der Waals surface area contributed by atoms with Gasteiger partial charge in [0.15, 0.2) is 0 Å². The molecule has 0 atom stereocenters. The van der Waals surface area contributed by atoms with Crippen LogP contribution in [0.5, 0.6) is 0 Å². The van der Waals surface area contributed by atoms with Crippen molar-refractivity contribution >= 4 is 21.6 Å². The Balaban J connectivity index is 1.89. The van der Waals surface area contributed by atoms with Gasteiger partial charge >= 0.3 is 0 Å². The van der Waals surface area contributed by atoms with Crippen LogP contribution in [0.25, 0.3) is 0 Å². The number of hydrogen-bond acceptors (Lipinski definition) is 2. The molecule has 3 rings (SSSR count). The van der Waals surface area contributed by atoms with E-state index in [-0.39, 0.29) is 0 Å². The fourth-order valence-corrected chi connectivity index (χ4v) is 3.79. The van der Waals surface area contributed by atoms with Gasteiger partial charge in [-0.3, -0.25) is 0 Å². The maximum atomic E-state index is 3.61. The number of nitrogens with one attached hydrogen (secondary N) is 1. The Morgan fingerprint density at radius 2 is 1.78 bits per heavy atom. The summed E-state index contributed by atoms with van der Waals surface area (Å²) in [5.74, 6) is 0. The minimum atomic E-state index is 0.379. The molecule has 1 saturated carbocycles. The van der Waals surface area contributed by atoms with Gasteiger partial charge in [0.05, 0.1) is 5.54 Å². The van der Waals surface area contributed by atoms with Crippen molar-refractivity contribution < 1.29 is 0 Å². The van der Waals surface area contributed by atoms with Crippen LogP contribution in [0.1, 0.15) is 32.1 Å². The molecule has 1 aliphatic carbocycles. The Kier molecular flexibility index (Phi) is 3.62. The van der Waals surface area contributed by atoms with E-state index < -0.39 is 0 Å². The molecule has 0 amide bonds. The molecule has 1 aromatic rings. The van der Waals surface area contributed by atoms with Crippen LogP contribution < -0.4 is 10.2 Å². The summed E-state index contributed by atoms with van der Waals surface area (Å²) in [7, 11) is 0. The quantitative estimate of drug-likeness (QED) is 0.853. The Hall–Kier alpha value is -0.540. The van der Waals surface area contributed by atoms with Crippen LogP contribution in [0.4, 0.5) is 5.69 Å². The molecule has 1 N–H and O–H groups in total. The predicted molar refractivity (Wildman–Crippen MR) is 80.2 cm³/mol. The second kappa shape index (κ2) is 5.22. The van der Waals surface area contributed by atoms with Crippen molar-refractivity contribution in [2.24, 2.45) is 0 Å². The van der Waals surface area contributed by atoms with E-state index in [9.17, 15) is 0 Å². The molecular formula is C15H21BrN2. The molecule has 1 saturated heterocycles. The molecule has 0 radical (unpaired) electrons. The van der Waals surface area contributed by atoms with Crippen molar-refractivity contribution in [1.82, 2.24) is 5.32 Å². The standard InChI is InChI=1S/C15H21BrN2/c16-13-4-6-14(7-5-13)18-11-10-17-12-15(18)8-2-1-3-9-15/h4-7,17H,1-3,8-12H2. The topological polar surface area (TPSA) is 15.3 Å². The molecule has 0 unspecified atom stereocenters. The molecule has 2 nitrogen and oxygen atoms in total. The number of anilines is 1. The van der Waals surface area contributed by atoms with Crippen LogP contribution in [0.2, 0.25) is 0 Å². The molecule has 2 fully saturated rings. The second-order valence-electron chi connectivity index (χ2n) is 5.59. The maximum absolute atomic E-state index is 3.61. The zero-order valence-corrected chi connectivity index (χ0v) is 12.4.